The molecular weight excluding hydrogens is 244 g/mol. The van der Waals surface area contributed by atoms with E-state index in [9.17, 15) is 24.9 Å². The zero-order valence-corrected chi connectivity index (χ0v) is 9.91. The molecule has 0 unspecified atom stereocenters. The number of aliphatic carboxylic acids is 1. The van der Waals surface area contributed by atoms with Crippen LogP contribution in [0.25, 0.3) is 0 Å². The predicted octanol–water partition coefficient (Wildman–Crippen LogP) is -1.03. The fraction of sp³-hybridized carbons (Fsp3) is 0.818. The monoisotopic (exact) mass is 260 g/mol. The number of rotatable bonds is 2. The van der Waals surface area contributed by atoms with E-state index in [0.29, 0.717) is 0 Å². The summed E-state index contributed by atoms with van der Waals surface area (Å²) in [5.41, 5.74) is -1.32. The average Bonchev–Trinajstić information content (AvgIpc) is 2.60. The number of aliphatic hydroxyl groups excluding tert-OH is 2. The SMILES string of the molecule is COC(=O)[C@@H]1[C@@H](O)C[C@@]2(C(=O)O)C[C@H](O)OC[C@@H]12. The first kappa shape index (κ1) is 13.3. The minimum atomic E-state index is -1.32. The van der Waals surface area contributed by atoms with Gasteiger partial charge in [0.05, 0.1) is 31.2 Å². The van der Waals surface area contributed by atoms with Gasteiger partial charge in [-0.15, -0.1) is 0 Å². The van der Waals surface area contributed by atoms with Gasteiger partial charge in [0.15, 0.2) is 6.29 Å². The van der Waals surface area contributed by atoms with E-state index in [1.165, 1.54) is 7.11 Å². The van der Waals surface area contributed by atoms with Crippen LogP contribution < -0.4 is 0 Å². The van der Waals surface area contributed by atoms with E-state index in [-0.39, 0.29) is 19.4 Å². The van der Waals surface area contributed by atoms with Crippen LogP contribution in [0.1, 0.15) is 12.8 Å². The second kappa shape index (κ2) is 4.49. The van der Waals surface area contributed by atoms with Gasteiger partial charge in [0.2, 0.25) is 0 Å². The molecule has 2 fully saturated rings. The minimum Gasteiger partial charge on any atom is -0.481 e. The Labute approximate surface area is 103 Å². The lowest BCUT2D eigenvalue weighted by molar-refractivity contribution is -0.202. The number of hydrogen-bond acceptors (Lipinski definition) is 6. The molecule has 0 aromatic heterocycles. The first-order valence-electron chi connectivity index (χ1n) is 5.71. The molecular formula is C11H16O7. The van der Waals surface area contributed by atoms with E-state index in [2.05, 4.69) is 4.74 Å². The summed E-state index contributed by atoms with van der Waals surface area (Å²) in [4.78, 5) is 23.1. The van der Waals surface area contributed by atoms with Gasteiger partial charge in [0, 0.05) is 12.3 Å². The molecule has 1 aliphatic carbocycles. The maximum Gasteiger partial charge on any atom is 0.311 e. The third-order valence-corrected chi connectivity index (χ3v) is 4.04. The molecule has 0 radical (unpaired) electrons. The summed E-state index contributed by atoms with van der Waals surface area (Å²) in [5, 5.41) is 28.8. The maximum atomic E-state index is 11.6. The number of carbonyl (C=O) groups is 2. The first-order valence-corrected chi connectivity index (χ1v) is 5.71. The molecule has 1 saturated carbocycles. The molecule has 5 atom stereocenters. The Kier molecular flexibility index (Phi) is 3.31. The Balaban J connectivity index is 2.35. The van der Waals surface area contributed by atoms with Crippen LogP contribution in [-0.4, -0.2) is 53.4 Å². The molecule has 18 heavy (non-hydrogen) atoms. The topological polar surface area (TPSA) is 113 Å². The number of esters is 1. The van der Waals surface area contributed by atoms with E-state index in [4.69, 9.17) is 4.74 Å². The number of carboxylic acid groups (broad SMARTS) is 1. The van der Waals surface area contributed by atoms with E-state index >= 15 is 0 Å². The van der Waals surface area contributed by atoms with Crippen LogP contribution in [0.2, 0.25) is 0 Å². The molecule has 7 nitrogen and oxygen atoms in total. The molecule has 102 valence electrons. The van der Waals surface area contributed by atoms with Gasteiger partial charge in [0.25, 0.3) is 0 Å². The van der Waals surface area contributed by atoms with E-state index in [1.807, 2.05) is 0 Å². The molecule has 0 aromatic rings. The normalized spacial score (nSPS) is 43.3. The van der Waals surface area contributed by atoms with Crippen LogP contribution in [-0.2, 0) is 19.1 Å². The Hall–Kier alpha value is -1.18. The van der Waals surface area contributed by atoms with Crippen LogP contribution >= 0.6 is 0 Å². The highest BCUT2D eigenvalue weighted by atomic mass is 16.6. The van der Waals surface area contributed by atoms with Crippen molar-refractivity contribution >= 4 is 11.9 Å². The van der Waals surface area contributed by atoms with Gasteiger partial charge in [-0.1, -0.05) is 0 Å². The average molecular weight is 260 g/mol. The maximum absolute atomic E-state index is 11.6. The van der Waals surface area contributed by atoms with Crippen LogP contribution in [0.15, 0.2) is 0 Å². The fourth-order valence-corrected chi connectivity index (χ4v) is 3.14. The molecule has 2 aliphatic rings. The van der Waals surface area contributed by atoms with Crippen LogP contribution in [0, 0.1) is 17.3 Å². The number of carboxylic acids is 1. The van der Waals surface area contributed by atoms with Gasteiger partial charge < -0.3 is 24.8 Å². The van der Waals surface area contributed by atoms with Gasteiger partial charge in [-0.25, -0.2) is 0 Å². The Morgan fingerprint density at radius 2 is 2.00 bits per heavy atom. The summed E-state index contributed by atoms with van der Waals surface area (Å²) >= 11 is 0. The minimum absolute atomic E-state index is 0.0762. The number of fused-ring (bicyclic) bond motifs is 1. The van der Waals surface area contributed by atoms with Crippen molar-refractivity contribution in [2.24, 2.45) is 17.3 Å². The predicted molar refractivity (Wildman–Crippen MR) is 56.3 cm³/mol. The Bertz CT molecular complexity index is 368. The van der Waals surface area contributed by atoms with Crippen molar-refractivity contribution in [3.63, 3.8) is 0 Å². The number of aliphatic hydroxyl groups is 2. The van der Waals surface area contributed by atoms with Gasteiger partial charge in [-0.05, 0) is 6.42 Å². The largest absolute Gasteiger partial charge is 0.481 e. The summed E-state index contributed by atoms with van der Waals surface area (Å²) in [7, 11) is 1.19. The van der Waals surface area contributed by atoms with Gasteiger partial charge in [-0.2, -0.15) is 0 Å². The van der Waals surface area contributed by atoms with Crippen molar-refractivity contribution < 1.29 is 34.4 Å². The Morgan fingerprint density at radius 3 is 2.56 bits per heavy atom. The molecule has 2 rings (SSSR count). The zero-order valence-electron chi connectivity index (χ0n) is 9.91. The molecule has 1 aliphatic heterocycles. The molecule has 3 N–H and O–H groups in total. The van der Waals surface area contributed by atoms with Crippen molar-refractivity contribution in [1.29, 1.82) is 0 Å². The first-order chi connectivity index (χ1) is 8.42. The highest BCUT2D eigenvalue weighted by Crippen LogP contribution is 2.53. The van der Waals surface area contributed by atoms with Gasteiger partial charge in [0.1, 0.15) is 0 Å². The number of carbonyl (C=O) groups excluding carboxylic acids is 1. The third kappa shape index (κ3) is 1.79. The molecule has 0 bridgehead atoms. The summed E-state index contributed by atoms with van der Waals surface area (Å²) in [5.74, 6) is -3.37. The van der Waals surface area contributed by atoms with E-state index in [0.717, 1.165) is 0 Å². The van der Waals surface area contributed by atoms with E-state index in [1.54, 1.807) is 0 Å². The van der Waals surface area contributed by atoms with Crippen LogP contribution in [0.3, 0.4) is 0 Å². The van der Waals surface area contributed by atoms with Crippen molar-refractivity contribution in [2.75, 3.05) is 13.7 Å². The molecule has 1 heterocycles. The smallest absolute Gasteiger partial charge is 0.311 e. The van der Waals surface area contributed by atoms with Crippen LogP contribution in [0.4, 0.5) is 0 Å². The van der Waals surface area contributed by atoms with E-state index < -0.39 is 41.6 Å². The fourth-order valence-electron chi connectivity index (χ4n) is 3.14. The molecule has 0 amide bonds. The lowest BCUT2D eigenvalue weighted by atomic mass is 9.71. The third-order valence-electron chi connectivity index (χ3n) is 4.04. The van der Waals surface area contributed by atoms with Crippen molar-refractivity contribution in [3.8, 4) is 0 Å². The van der Waals surface area contributed by atoms with Crippen molar-refractivity contribution in [3.05, 3.63) is 0 Å². The summed E-state index contributed by atoms with van der Waals surface area (Å²) in [6, 6.07) is 0. The number of ether oxygens (including phenoxy) is 2. The summed E-state index contributed by atoms with van der Waals surface area (Å²) in [6.07, 6.45) is -2.47. The second-order valence-corrected chi connectivity index (χ2v) is 4.88. The van der Waals surface area contributed by atoms with Crippen molar-refractivity contribution in [2.45, 2.75) is 25.2 Å². The highest BCUT2D eigenvalue weighted by molar-refractivity contribution is 5.81. The second-order valence-electron chi connectivity index (χ2n) is 4.88. The lowest BCUT2D eigenvalue weighted by Crippen LogP contribution is -2.48. The number of methoxy groups -OCH3 is 1. The molecule has 1 saturated heterocycles. The van der Waals surface area contributed by atoms with Crippen molar-refractivity contribution in [1.82, 2.24) is 0 Å². The van der Waals surface area contributed by atoms with Gasteiger partial charge in [-0.3, -0.25) is 9.59 Å². The highest BCUT2D eigenvalue weighted by Gasteiger charge is 2.62. The van der Waals surface area contributed by atoms with Gasteiger partial charge >= 0.3 is 11.9 Å². The lowest BCUT2D eigenvalue weighted by Gasteiger charge is -2.38. The quantitative estimate of drug-likeness (QED) is 0.544. The van der Waals surface area contributed by atoms with Crippen LogP contribution in [0.5, 0.6) is 0 Å². The number of hydrogen-bond donors (Lipinski definition) is 3. The zero-order chi connectivity index (χ0) is 13.5. The standard InChI is InChI=1S/C11H16O7/c1-17-9(14)8-5-4-18-7(13)3-11(5,10(15)16)2-6(8)12/h5-8,12-13H,2-4H2,1H3,(H,15,16)/t5-,6-,7+,8-,11+/m0/s1. The molecule has 0 aromatic carbocycles. The Morgan fingerprint density at radius 1 is 1.33 bits per heavy atom. The molecule has 0 spiro atoms. The summed E-state index contributed by atoms with van der Waals surface area (Å²) < 4.78 is 9.61. The summed E-state index contributed by atoms with van der Waals surface area (Å²) in [6.45, 7) is -0.0791. The molecule has 7 heteroatoms.